The molecule has 0 radical (unpaired) electrons. The Labute approximate surface area is 67.8 Å². The first kappa shape index (κ1) is 8.51. The maximum atomic E-state index is 13.0. The zero-order valence-corrected chi connectivity index (χ0v) is 7.61. The van der Waals surface area contributed by atoms with E-state index in [0.717, 1.165) is 11.1 Å². The van der Waals surface area contributed by atoms with E-state index in [-0.39, 0.29) is 5.41 Å². The van der Waals surface area contributed by atoms with E-state index in [0.29, 0.717) is 0 Å². The number of rotatable bonds is 0. The largest absolute Gasteiger partial charge is 0.238 e. The SMILES string of the molecule is CC1=CC(C(C)(C)C)=CC1F. The maximum absolute atomic E-state index is 13.0. The average Bonchev–Trinajstić information content (AvgIpc) is 2.11. The van der Waals surface area contributed by atoms with E-state index < -0.39 is 6.17 Å². The van der Waals surface area contributed by atoms with Gasteiger partial charge in [-0.05, 0) is 29.6 Å². The molecule has 1 rings (SSSR count). The van der Waals surface area contributed by atoms with E-state index in [9.17, 15) is 4.39 Å². The minimum Gasteiger partial charge on any atom is -0.238 e. The third-order valence-electron chi connectivity index (χ3n) is 2.01. The number of hydrogen-bond donors (Lipinski definition) is 0. The molecule has 0 saturated heterocycles. The van der Waals surface area contributed by atoms with Crippen molar-refractivity contribution < 1.29 is 4.39 Å². The Bertz CT molecular complexity index is 216. The molecule has 0 spiro atoms. The van der Waals surface area contributed by atoms with Gasteiger partial charge in [-0.3, -0.25) is 0 Å². The summed E-state index contributed by atoms with van der Waals surface area (Å²) in [5.74, 6) is 0. The molecule has 11 heavy (non-hydrogen) atoms. The zero-order chi connectivity index (χ0) is 8.65. The minimum atomic E-state index is -0.843. The quantitative estimate of drug-likeness (QED) is 0.502. The van der Waals surface area contributed by atoms with Crippen LogP contribution < -0.4 is 0 Å². The summed E-state index contributed by atoms with van der Waals surface area (Å²) < 4.78 is 13.0. The summed E-state index contributed by atoms with van der Waals surface area (Å²) in [7, 11) is 0. The molecule has 62 valence electrons. The molecule has 0 heterocycles. The fourth-order valence-corrected chi connectivity index (χ4v) is 1.13. The highest BCUT2D eigenvalue weighted by Crippen LogP contribution is 2.33. The molecule has 1 heteroatoms. The summed E-state index contributed by atoms with van der Waals surface area (Å²) in [5, 5.41) is 0. The van der Waals surface area contributed by atoms with Crippen LogP contribution in [0.4, 0.5) is 4.39 Å². The summed E-state index contributed by atoms with van der Waals surface area (Å²) >= 11 is 0. The first-order chi connectivity index (χ1) is 4.91. The monoisotopic (exact) mass is 154 g/mol. The van der Waals surface area contributed by atoms with E-state index in [1.807, 2.05) is 13.0 Å². The Morgan fingerprint density at radius 2 is 1.91 bits per heavy atom. The third-order valence-corrected chi connectivity index (χ3v) is 2.01. The smallest absolute Gasteiger partial charge is 0.140 e. The molecule has 0 fully saturated rings. The van der Waals surface area contributed by atoms with E-state index >= 15 is 0 Å². The Kier molecular flexibility index (Phi) is 1.91. The molecule has 1 aliphatic rings. The van der Waals surface area contributed by atoms with E-state index in [4.69, 9.17) is 0 Å². The number of halogens is 1. The van der Waals surface area contributed by atoms with Gasteiger partial charge in [-0.25, -0.2) is 4.39 Å². The van der Waals surface area contributed by atoms with Crippen molar-refractivity contribution in [1.82, 2.24) is 0 Å². The summed E-state index contributed by atoms with van der Waals surface area (Å²) in [6, 6.07) is 0. The van der Waals surface area contributed by atoms with Gasteiger partial charge < -0.3 is 0 Å². The Morgan fingerprint density at radius 1 is 1.36 bits per heavy atom. The highest BCUT2D eigenvalue weighted by Gasteiger charge is 2.22. The van der Waals surface area contributed by atoms with Gasteiger partial charge in [-0.15, -0.1) is 0 Å². The van der Waals surface area contributed by atoms with Crippen molar-refractivity contribution in [1.29, 1.82) is 0 Å². The Balaban J connectivity index is 2.87. The highest BCUT2D eigenvalue weighted by molar-refractivity contribution is 5.39. The molecule has 0 aromatic carbocycles. The van der Waals surface area contributed by atoms with Crippen molar-refractivity contribution in [3.63, 3.8) is 0 Å². The number of alkyl halides is 1. The molecule has 0 aromatic heterocycles. The van der Waals surface area contributed by atoms with E-state index in [1.165, 1.54) is 0 Å². The van der Waals surface area contributed by atoms with Crippen LogP contribution in [0.3, 0.4) is 0 Å². The predicted octanol–water partition coefficient (Wildman–Crippen LogP) is 3.26. The first-order valence-electron chi connectivity index (χ1n) is 3.96. The normalized spacial score (nSPS) is 25.0. The molecule has 0 saturated carbocycles. The summed E-state index contributed by atoms with van der Waals surface area (Å²) in [6.07, 6.45) is 2.81. The topological polar surface area (TPSA) is 0 Å². The lowest BCUT2D eigenvalue weighted by Gasteiger charge is -2.18. The van der Waals surface area contributed by atoms with Gasteiger partial charge in [-0.2, -0.15) is 0 Å². The average molecular weight is 154 g/mol. The second-order valence-corrected chi connectivity index (χ2v) is 4.16. The van der Waals surface area contributed by atoms with Gasteiger partial charge in [0.05, 0.1) is 0 Å². The van der Waals surface area contributed by atoms with Gasteiger partial charge in [0, 0.05) is 0 Å². The molecule has 1 unspecified atom stereocenters. The first-order valence-corrected chi connectivity index (χ1v) is 3.96. The second kappa shape index (κ2) is 2.47. The third kappa shape index (κ3) is 1.70. The van der Waals surface area contributed by atoms with E-state index in [1.54, 1.807) is 6.08 Å². The van der Waals surface area contributed by atoms with Gasteiger partial charge in [0.1, 0.15) is 6.17 Å². The molecule has 1 aliphatic carbocycles. The van der Waals surface area contributed by atoms with Gasteiger partial charge in [0.25, 0.3) is 0 Å². The van der Waals surface area contributed by atoms with Crippen LogP contribution in [0.2, 0.25) is 0 Å². The van der Waals surface area contributed by atoms with Crippen molar-refractivity contribution >= 4 is 0 Å². The van der Waals surface area contributed by atoms with Crippen LogP contribution >= 0.6 is 0 Å². The van der Waals surface area contributed by atoms with Crippen LogP contribution in [0.5, 0.6) is 0 Å². The molecule has 0 N–H and O–H groups in total. The van der Waals surface area contributed by atoms with Crippen molar-refractivity contribution in [3.8, 4) is 0 Å². The minimum absolute atomic E-state index is 0.0854. The van der Waals surface area contributed by atoms with Crippen LogP contribution in [-0.4, -0.2) is 6.17 Å². The summed E-state index contributed by atoms with van der Waals surface area (Å²) in [5.41, 5.74) is 2.03. The molecule has 0 aromatic rings. The Hall–Kier alpha value is -0.590. The van der Waals surface area contributed by atoms with E-state index in [2.05, 4.69) is 20.8 Å². The molecule has 1 atom stereocenters. The fraction of sp³-hybridized carbons (Fsp3) is 0.600. The van der Waals surface area contributed by atoms with Gasteiger partial charge in [0.2, 0.25) is 0 Å². The fourth-order valence-electron chi connectivity index (χ4n) is 1.13. The molecule has 0 bridgehead atoms. The van der Waals surface area contributed by atoms with Crippen LogP contribution in [0.1, 0.15) is 27.7 Å². The maximum Gasteiger partial charge on any atom is 0.140 e. The lowest BCUT2D eigenvalue weighted by Crippen LogP contribution is -2.06. The number of hydrogen-bond acceptors (Lipinski definition) is 0. The number of allylic oxidation sites excluding steroid dienone is 4. The molecular weight excluding hydrogens is 139 g/mol. The van der Waals surface area contributed by atoms with Crippen molar-refractivity contribution in [2.24, 2.45) is 5.41 Å². The molecule has 0 aliphatic heterocycles. The van der Waals surface area contributed by atoms with Crippen LogP contribution in [0.25, 0.3) is 0 Å². The van der Waals surface area contributed by atoms with Crippen molar-refractivity contribution in [3.05, 3.63) is 23.3 Å². The van der Waals surface area contributed by atoms with Crippen molar-refractivity contribution in [2.45, 2.75) is 33.9 Å². The van der Waals surface area contributed by atoms with Crippen LogP contribution in [0, 0.1) is 5.41 Å². The predicted molar refractivity (Wildman–Crippen MR) is 46.2 cm³/mol. The second-order valence-electron chi connectivity index (χ2n) is 4.16. The van der Waals surface area contributed by atoms with Gasteiger partial charge in [0.15, 0.2) is 0 Å². The van der Waals surface area contributed by atoms with Crippen LogP contribution in [-0.2, 0) is 0 Å². The van der Waals surface area contributed by atoms with Gasteiger partial charge in [-0.1, -0.05) is 26.8 Å². The molecule has 0 amide bonds. The van der Waals surface area contributed by atoms with Crippen molar-refractivity contribution in [2.75, 3.05) is 0 Å². The standard InChI is InChI=1S/C10H15F/c1-7-5-8(6-9(7)11)10(2,3)4/h5-6,9H,1-4H3. The summed E-state index contributed by atoms with van der Waals surface area (Å²) in [4.78, 5) is 0. The summed E-state index contributed by atoms with van der Waals surface area (Å²) in [6.45, 7) is 8.13. The zero-order valence-electron chi connectivity index (χ0n) is 7.61. The van der Waals surface area contributed by atoms with Gasteiger partial charge >= 0.3 is 0 Å². The highest BCUT2D eigenvalue weighted by atomic mass is 19.1. The lowest BCUT2D eigenvalue weighted by atomic mass is 9.87. The molecular formula is C10H15F. The molecule has 0 nitrogen and oxygen atoms in total. The lowest BCUT2D eigenvalue weighted by molar-refractivity contribution is 0.448. The Morgan fingerprint density at radius 3 is 2.09 bits per heavy atom. The van der Waals surface area contributed by atoms with Crippen LogP contribution in [0.15, 0.2) is 23.3 Å².